The van der Waals surface area contributed by atoms with Gasteiger partial charge in [-0.2, -0.15) is 4.39 Å². The fraction of sp³-hybridized carbons (Fsp3) is 0.667. The second kappa shape index (κ2) is 5.23. The van der Waals surface area contributed by atoms with Crippen LogP contribution >= 0.6 is 0 Å². The lowest BCUT2D eigenvalue weighted by Crippen LogP contribution is -2.26. The van der Waals surface area contributed by atoms with E-state index in [1.54, 1.807) is 0 Å². The number of halogens is 1. The fourth-order valence-electron chi connectivity index (χ4n) is 2.34. The number of hydrogen-bond acceptors (Lipinski definition) is 3. The van der Waals surface area contributed by atoms with E-state index in [1.165, 1.54) is 31.7 Å². The molecule has 1 aliphatic carbocycles. The van der Waals surface area contributed by atoms with Crippen molar-refractivity contribution in [2.75, 3.05) is 5.32 Å². The summed E-state index contributed by atoms with van der Waals surface area (Å²) in [5.41, 5.74) is 0. The molecule has 1 aromatic heterocycles. The van der Waals surface area contributed by atoms with Gasteiger partial charge in [0.05, 0.1) is 0 Å². The third kappa shape index (κ3) is 2.90. The molecule has 0 spiro atoms. The highest BCUT2D eigenvalue weighted by atomic mass is 19.1. The van der Waals surface area contributed by atoms with Crippen molar-refractivity contribution >= 4 is 5.82 Å². The largest absolute Gasteiger partial charge is 0.367 e. The van der Waals surface area contributed by atoms with Crippen molar-refractivity contribution in [3.63, 3.8) is 0 Å². The van der Waals surface area contributed by atoms with Crippen LogP contribution in [0.15, 0.2) is 12.4 Å². The predicted molar refractivity (Wildman–Crippen MR) is 61.6 cm³/mol. The molecule has 0 radical (unpaired) electrons. The molecule has 3 nitrogen and oxygen atoms in total. The second-order valence-electron chi connectivity index (χ2n) is 4.50. The molecule has 2 rings (SSSR count). The molecule has 0 bridgehead atoms. The van der Waals surface area contributed by atoms with Crippen molar-refractivity contribution in [1.29, 1.82) is 0 Å². The molecule has 0 aromatic carbocycles. The van der Waals surface area contributed by atoms with Crippen LogP contribution in [0.4, 0.5) is 10.2 Å². The van der Waals surface area contributed by atoms with Crippen LogP contribution in [0.1, 0.15) is 39.0 Å². The molecule has 0 atom stereocenters. The van der Waals surface area contributed by atoms with E-state index in [9.17, 15) is 4.39 Å². The lowest BCUT2D eigenvalue weighted by atomic mass is 9.84. The maximum Gasteiger partial charge on any atom is 0.217 e. The summed E-state index contributed by atoms with van der Waals surface area (Å²) < 4.78 is 12.8. The Bertz CT molecular complexity index is 335. The molecule has 1 N–H and O–H groups in total. The van der Waals surface area contributed by atoms with Gasteiger partial charge >= 0.3 is 0 Å². The normalized spacial score (nSPS) is 25.4. The van der Waals surface area contributed by atoms with Crippen LogP contribution in [-0.4, -0.2) is 16.0 Å². The third-order valence-corrected chi connectivity index (χ3v) is 3.41. The van der Waals surface area contributed by atoms with Crippen molar-refractivity contribution in [3.05, 3.63) is 18.3 Å². The Hall–Kier alpha value is -1.19. The molecule has 0 aliphatic heterocycles. The van der Waals surface area contributed by atoms with E-state index in [0.717, 1.165) is 18.8 Å². The zero-order valence-electron chi connectivity index (χ0n) is 9.62. The number of nitrogens with zero attached hydrogens (tertiary/aromatic N) is 2. The molecular weight excluding hydrogens is 205 g/mol. The van der Waals surface area contributed by atoms with Gasteiger partial charge in [-0.15, -0.1) is 0 Å². The molecule has 1 aliphatic rings. The van der Waals surface area contributed by atoms with Crippen LogP contribution in [0.5, 0.6) is 0 Å². The third-order valence-electron chi connectivity index (χ3n) is 3.41. The molecule has 16 heavy (non-hydrogen) atoms. The lowest BCUT2D eigenvalue weighted by Gasteiger charge is -2.28. The summed E-state index contributed by atoms with van der Waals surface area (Å²) in [5, 5.41) is 3.28. The van der Waals surface area contributed by atoms with Crippen molar-refractivity contribution in [3.8, 4) is 0 Å². The van der Waals surface area contributed by atoms with Gasteiger partial charge in [-0.25, -0.2) is 9.97 Å². The predicted octanol–water partition coefficient (Wildman–Crippen LogP) is 3.00. The van der Waals surface area contributed by atoms with Gasteiger partial charge in [0.1, 0.15) is 12.1 Å². The number of anilines is 1. The summed E-state index contributed by atoms with van der Waals surface area (Å²) in [4.78, 5) is 7.45. The molecule has 1 heterocycles. The first kappa shape index (κ1) is 11.3. The molecule has 0 amide bonds. The summed E-state index contributed by atoms with van der Waals surface area (Å²) in [6, 6.07) is 1.79. The minimum atomic E-state index is -0.472. The minimum Gasteiger partial charge on any atom is -0.367 e. The zero-order valence-corrected chi connectivity index (χ0v) is 9.62. The SMILES string of the molecule is CCC1CCC(Nc2cc(F)ncn2)CC1. The van der Waals surface area contributed by atoms with E-state index in [1.807, 2.05) is 0 Å². The van der Waals surface area contributed by atoms with Crippen LogP contribution in [0.3, 0.4) is 0 Å². The Morgan fingerprint density at radius 2 is 2.06 bits per heavy atom. The Kier molecular flexibility index (Phi) is 3.70. The standard InChI is InChI=1S/C12H18FN3/c1-2-9-3-5-10(6-4-9)16-12-7-11(13)14-8-15-12/h7-10H,2-6H2,1H3,(H,14,15,16). The molecule has 0 saturated heterocycles. The lowest BCUT2D eigenvalue weighted by molar-refractivity contribution is 0.329. The smallest absolute Gasteiger partial charge is 0.217 e. The highest BCUT2D eigenvalue weighted by molar-refractivity contribution is 5.33. The minimum absolute atomic E-state index is 0.442. The highest BCUT2D eigenvalue weighted by Gasteiger charge is 2.19. The summed E-state index contributed by atoms with van der Waals surface area (Å²) in [5.74, 6) is 1.01. The van der Waals surface area contributed by atoms with Crippen LogP contribution in [0.2, 0.25) is 0 Å². The summed E-state index contributed by atoms with van der Waals surface area (Å²) >= 11 is 0. The van der Waals surface area contributed by atoms with Crippen molar-refractivity contribution < 1.29 is 4.39 Å². The Morgan fingerprint density at radius 3 is 2.69 bits per heavy atom. The first-order valence-electron chi connectivity index (χ1n) is 6.02. The Morgan fingerprint density at radius 1 is 1.31 bits per heavy atom. The van der Waals surface area contributed by atoms with Gasteiger partial charge in [0.2, 0.25) is 5.95 Å². The van der Waals surface area contributed by atoms with Gasteiger partial charge in [0.25, 0.3) is 0 Å². The van der Waals surface area contributed by atoms with Crippen LogP contribution in [-0.2, 0) is 0 Å². The monoisotopic (exact) mass is 223 g/mol. The van der Waals surface area contributed by atoms with E-state index < -0.39 is 5.95 Å². The van der Waals surface area contributed by atoms with E-state index in [2.05, 4.69) is 22.2 Å². The molecule has 0 unspecified atom stereocenters. The second-order valence-corrected chi connectivity index (χ2v) is 4.50. The Labute approximate surface area is 95.5 Å². The van der Waals surface area contributed by atoms with E-state index in [0.29, 0.717) is 11.9 Å². The maximum absolute atomic E-state index is 12.8. The number of rotatable bonds is 3. The maximum atomic E-state index is 12.8. The quantitative estimate of drug-likeness (QED) is 0.800. The summed E-state index contributed by atoms with van der Waals surface area (Å²) in [6.45, 7) is 2.25. The van der Waals surface area contributed by atoms with Gasteiger partial charge in [-0.3, -0.25) is 0 Å². The molecule has 4 heteroatoms. The molecular formula is C12H18FN3. The number of aromatic nitrogens is 2. The first-order valence-corrected chi connectivity index (χ1v) is 6.02. The van der Waals surface area contributed by atoms with Crippen molar-refractivity contribution in [2.24, 2.45) is 5.92 Å². The van der Waals surface area contributed by atoms with Crippen LogP contribution in [0.25, 0.3) is 0 Å². The van der Waals surface area contributed by atoms with Gasteiger partial charge in [-0.05, 0) is 31.6 Å². The van der Waals surface area contributed by atoms with Gasteiger partial charge in [0.15, 0.2) is 0 Å². The van der Waals surface area contributed by atoms with Gasteiger partial charge < -0.3 is 5.32 Å². The van der Waals surface area contributed by atoms with Gasteiger partial charge in [-0.1, -0.05) is 13.3 Å². The van der Waals surface area contributed by atoms with Crippen LogP contribution in [0, 0.1) is 11.9 Å². The molecule has 88 valence electrons. The topological polar surface area (TPSA) is 37.8 Å². The number of hydrogen-bond donors (Lipinski definition) is 1. The molecule has 1 saturated carbocycles. The zero-order chi connectivity index (χ0) is 11.4. The molecule has 1 aromatic rings. The van der Waals surface area contributed by atoms with Crippen molar-refractivity contribution in [1.82, 2.24) is 9.97 Å². The van der Waals surface area contributed by atoms with E-state index in [-0.39, 0.29) is 0 Å². The summed E-state index contributed by atoms with van der Waals surface area (Å²) in [6.07, 6.45) is 7.38. The van der Waals surface area contributed by atoms with Gasteiger partial charge in [0, 0.05) is 12.1 Å². The van der Waals surface area contributed by atoms with E-state index >= 15 is 0 Å². The van der Waals surface area contributed by atoms with Crippen LogP contribution < -0.4 is 5.32 Å². The van der Waals surface area contributed by atoms with E-state index in [4.69, 9.17) is 0 Å². The highest BCUT2D eigenvalue weighted by Crippen LogP contribution is 2.27. The Balaban J connectivity index is 1.87. The number of nitrogens with one attached hydrogen (secondary N) is 1. The fourth-order valence-corrected chi connectivity index (χ4v) is 2.34. The average molecular weight is 223 g/mol. The average Bonchev–Trinajstić information content (AvgIpc) is 2.30. The summed E-state index contributed by atoms with van der Waals surface area (Å²) in [7, 11) is 0. The van der Waals surface area contributed by atoms with Crippen molar-refractivity contribution in [2.45, 2.75) is 45.1 Å². The first-order chi connectivity index (χ1) is 7.78. The molecule has 1 fully saturated rings.